The highest BCUT2D eigenvalue weighted by molar-refractivity contribution is 7.91. The number of hydrogen-bond donors (Lipinski definition) is 0. The van der Waals surface area contributed by atoms with Crippen LogP contribution in [-0.2, 0) is 39.6 Å². The predicted octanol–water partition coefficient (Wildman–Crippen LogP) is 5.94. The molecule has 0 saturated heterocycles. The summed E-state index contributed by atoms with van der Waals surface area (Å²) in [6, 6.07) is 12.9. The van der Waals surface area contributed by atoms with E-state index in [1.165, 1.54) is 12.1 Å². The lowest BCUT2D eigenvalue weighted by Crippen LogP contribution is -2.30. The number of carbonyl (C=O) groups is 1. The molecule has 6 nitrogen and oxygen atoms in total. The van der Waals surface area contributed by atoms with Gasteiger partial charge in [0.2, 0.25) is 0 Å². The highest BCUT2D eigenvalue weighted by Crippen LogP contribution is 2.32. The minimum atomic E-state index is -3.30. The number of fused-ring (bicyclic) bond motifs is 1. The number of hydrogen-bond acceptors (Lipinski definition) is 5. The largest absolute Gasteiger partial charge is 0.477 e. The number of rotatable bonds is 10. The van der Waals surface area contributed by atoms with E-state index in [9.17, 15) is 26.4 Å². The van der Waals surface area contributed by atoms with Crippen LogP contribution >= 0.6 is 0 Å². The molecule has 0 aliphatic carbocycles. The first-order valence-corrected chi connectivity index (χ1v) is 14.2. The molecule has 0 aliphatic heterocycles. The molecule has 39 heavy (non-hydrogen) atoms. The molecule has 10 heteroatoms. The number of halogens is 3. The van der Waals surface area contributed by atoms with Gasteiger partial charge >= 0.3 is 0 Å². The Morgan fingerprint density at radius 1 is 0.897 bits per heavy atom. The van der Waals surface area contributed by atoms with Gasteiger partial charge in [-0.3, -0.25) is 4.79 Å². The summed E-state index contributed by atoms with van der Waals surface area (Å²) in [7, 11) is -3.30. The zero-order valence-electron chi connectivity index (χ0n) is 22.1. The van der Waals surface area contributed by atoms with Crippen LogP contribution in [0, 0.1) is 17.5 Å². The van der Waals surface area contributed by atoms with Gasteiger partial charge in [0, 0.05) is 31.5 Å². The predicted molar refractivity (Wildman–Crippen MR) is 142 cm³/mol. The van der Waals surface area contributed by atoms with Gasteiger partial charge in [0.15, 0.2) is 44.5 Å². The van der Waals surface area contributed by atoms with Crippen molar-refractivity contribution in [1.82, 2.24) is 9.55 Å². The van der Waals surface area contributed by atoms with Crippen molar-refractivity contribution in [2.24, 2.45) is 0 Å². The third kappa shape index (κ3) is 6.00. The van der Waals surface area contributed by atoms with Gasteiger partial charge < -0.3 is 9.30 Å². The molecule has 0 saturated carbocycles. The minimum absolute atomic E-state index is 0.00818. The highest BCUT2D eigenvalue weighted by atomic mass is 32.2. The maximum Gasteiger partial charge on any atom is 0.178 e. The number of imidazole rings is 1. The number of Topliss-reactive ketones (excluding diaryl/α,β-unsaturated/α-hetero) is 1. The molecule has 0 radical (unpaired) electrons. The molecule has 1 aromatic heterocycles. The highest BCUT2D eigenvalue weighted by Gasteiger charge is 2.31. The fourth-order valence-electron chi connectivity index (χ4n) is 4.47. The van der Waals surface area contributed by atoms with Gasteiger partial charge in [0.1, 0.15) is 5.78 Å². The van der Waals surface area contributed by atoms with E-state index in [1.54, 1.807) is 39.0 Å². The van der Waals surface area contributed by atoms with E-state index in [0.29, 0.717) is 30.0 Å². The molecule has 4 aromatic rings. The number of sulfone groups is 1. The van der Waals surface area contributed by atoms with Crippen LogP contribution in [0.15, 0.2) is 59.5 Å². The molecular weight excluding hydrogens is 529 g/mol. The summed E-state index contributed by atoms with van der Waals surface area (Å²) in [5.74, 6) is -3.56. The molecule has 0 amide bonds. The Kier molecular flexibility index (Phi) is 7.88. The molecule has 0 N–H and O–H groups in total. The van der Waals surface area contributed by atoms with Crippen molar-refractivity contribution in [1.29, 1.82) is 0 Å². The summed E-state index contributed by atoms with van der Waals surface area (Å²) >= 11 is 0. The number of carbonyl (C=O) groups excluding carboxylic acids is 1. The first kappa shape index (κ1) is 28.4. The van der Waals surface area contributed by atoms with Gasteiger partial charge in [-0.25, -0.2) is 26.6 Å². The van der Waals surface area contributed by atoms with Crippen LogP contribution in [0.3, 0.4) is 0 Å². The van der Waals surface area contributed by atoms with E-state index in [-0.39, 0.29) is 29.3 Å². The van der Waals surface area contributed by atoms with E-state index in [1.807, 2.05) is 23.6 Å². The molecule has 0 unspecified atom stereocenters. The van der Waals surface area contributed by atoms with Crippen molar-refractivity contribution < 1.29 is 31.1 Å². The van der Waals surface area contributed by atoms with E-state index in [2.05, 4.69) is 0 Å². The summed E-state index contributed by atoms with van der Waals surface area (Å²) < 4.78 is 73.0. The normalized spacial score (nSPS) is 12.2. The summed E-state index contributed by atoms with van der Waals surface area (Å²) in [5, 5.41) is 0. The number of aromatic nitrogens is 2. The van der Waals surface area contributed by atoms with Crippen molar-refractivity contribution in [3.63, 3.8) is 0 Å². The molecule has 0 spiro atoms. The van der Waals surface area contributed by atoms with Crippen molar-refractivity contribution in [2.75, 3.05) is 5.75 Å². The number of ether oxygens (including phenoxy) is 1. The minimum Gasteiger partial charge on any atom is -0.477 e. The maximum absolute atomic E-state index is 14.3. The first-order valence-electron chi connectivity index (χ1n) is 12.5. The van der Waals surface area contributed by atoms with Crippen LogP contribution < -0.4 is 4.74 Å². The Morgan fingerprint density at radius 3 is 2.15 bits per heavy atom. The summed E-state index contributed by atoms with van der Waals surface area (Å²) in [4.78, 5) is 17.7. The van der Waals surface area contributed by atoms with Gasteiger partial charge in [-0.2, -0.15) is 0 Å². The molecule has 4 rings (SSSR count). The lowest BCUT2D eigenvalue weighted by Gasteiger charge is -2.27. The third-order valence-corrected chi connectivity index (χ3v) is 8.22. The summed E-state index contributed by atoms with van der Waals surface area (Å²) in [6.07, 6.45) is 0.305. The Balaban J connectivity index is 1.55. The van der Waals surface area contributed by atoms with Crippen LogP contribution in [0.5, 0.6) is 5.75 Å². The third-order valence-electron chi connectivity index (χ3n) is 6.47. The van der Waals surface area contributed by atoms with E-state index in [0.717, 1.165) is 16.6 Å². The smallest absolute Gasteiger partial charge is 0.178 e. The van der Waals surface area contributed by atoms with E-state index >= 15 is 0 Å². The summed E-state index contributed by atoms with van der Waals surface area (Å²) in [6.45, 7) is 7.32. The van der Waals surface area contributed by atoms with Gasteiger partial charge in [-0.1, -0.05) is 25.1 Å². The average molecular weight is 559 g/mol. The fourth-order valence-corrected chi connectivity index (χ4v) is 5.35. The number of benzene rings is 3. The lowest BCUT2D eigenvalue weighted by molar-refractivity contribution is -0.117. The zero-order valence-corrected chi connectivity index (χ0v) is 22.9. The summed E-state index contributed by atoms with van der Waals surface area (Å²) in [5.41, 5.74) is 1.65. The average Bonchev–Trinajstić information content (AvgIpc) is 3.26. The molecule has 0 fully saturated rings. The second kappa shape index (κ2) is 10.8. The van der Waals surface area contributed by atoms with Gasteiger partial charge in [-0.15, -0.1) is 0 Å². The zero-order chi connectivity index (χ0) is 28.5. The van der Waals surface area contributed by atoms with Crippen LogP contribution in [-0.4, -0.2) is 29.5 Å². The quantitative estimate of drug-likeness (QED) is 0.225. The van der Waals surface area contributed by atoms with Crippen molar-refractivity contribution in [3.05, 3.63) is 89.0 Å². The molecule has 206 valence electrons. The Labute approximate surface area is 225 Å². The number of nitrogens with zero attached hydrogens (tertiary/aromatic N) is 2. The van der Waals surface area contributed by atoms with Crippen LogP contribution in [0.25, 0.3) is 11.0 Å². The Hall–Kier alpha value is -3.66. The van der Waals surface area contributed by atoms with Gasteiger partial charge in [0.25, 0.3) is 0 Å². The fraction of sp³-hybridized carbons (Fsp3) is 0.310. The lowest BCUT2D eigenvalue weighted by atomic mass is 10.0. The van der Waals surface area contributed by atoms with Crippen LogP contribution in [0.2, 0.25) is 0 Å². The van der Waals surface area contributed by atoms with E-state index < -0.39 is 38.6 Å². The molecular formula is C29H29F3N2O4S. The molecule has 1 heterocycles. The standard InChI is InChI=1S/C29H29F3N2O4S/c1-5-34-26-12-9-19(14-20(35)13-18-7-10-21(11-8-18)39(36,37)6-2)15-25(26)33-28(34)29(3,4)38-27-17-23(31)22(30)16-24(27)32/h7-12,15-17H,5-6,13-14H2,1-4H3. The topological polar surface area (TPSA) is 78.3 Å². The second-order valence-corrected chi connectivity index (χ2v) is 12.0. The van der Waals surface area contributed by atoms with Crippen molar-refractivity contribution in [3.8, 4) is 5.75 Å². The SMILES string of the molecule is CCn1c(C(C)(C)Oc2cc(F)c(F)cc2F)nc2cc(CC(=O)Cc3ccc(S(=O)(=O)CC)cc3)ccc21. The Morgan fingerprint density at radius 2 is 1.51 bits per heavy atom. The maximum atomic E-state index is 14.3. The number of ketones is 1. The molecule has 0 bridgehead atoms. The Bertz CT molecular complexity index is 1650. The van der Waals surface area contributed by atoms with Crippen molar-refractivity contribution in [2.45, 2.75) is 57.6 Å². The number of aryl methyl sites for hydroxylation is 1. The first-order chi connectivity index (χ1) is 18.3. The van der Waals surface area contributed by atoms with Crippen LogP contribution in [0.1, 0.15) is 44.6 Å². The molecule has 0 atom stereocenters. The molecule has 0 aliphatic rings. The van der Waals surface area contributed by atoms with Crippen molar-refractivity contribution >= 4 is 26.7 Å². The van der Waals surface area contributed by atoms with Gasteiger partial charge in [-0.05, 0) is 56.2 Å². The van der Waals surface area contributed by atoms with Crippen LogP contribution in [0.4, 0.5) is 13.2 Å². The second-order valence-electron chi connectivity index (χ2n) is 9.75. The monoisotopic (exact) mass is 558 g/mol. The molecule has 3 aromatic carbocycles. The van der Waals surface area contributed by atoms with E-state index in [4.69, 9.17) is 9.72 Å². The van der Waals surface area contributed by atoms with Gasteiger partial charge in [0.05, 0.1) is 21.7 Å².